The topological polar surface area (TPSA) is 83.0 Å². The maximum Gasteiger partial charge on any atom is 0.354 e. The number of aromatic amines is 1. The van der Waals surface area contributed by atoms with E-state index in [1.165, 1.54) is 6.07 Å². The Bertz CT molecular complexity index is 914. The van der Waals surface area contributed by atoms with E-state index >= 15 is 0 Å². The van der Waals surface area contributed by atoms with Crippen LogP contribution in [0.2, 0.25) is 0 Å². The Hall–Kier alpha value is -3.21. The molecule has 0 aliphatic rings. The Balaban J connectivity index is 1.73. The molecular formula is C19H16N2O3. The van der Waals surface area contributed by atoms with Gasteiger partial charge in [-0.1, -0.05) is 36.4 Å². The smallest absolute Gasteiger partial charge is 0.354 e. The number of benzene rings is 1. The molecule has 5 heteroatoms. The van der Waals surface area contributed by atoms with Crippen molar-refractivity contribution in [2.75, 3.05) is 0 Å². The van der Waals surface area contributed by atoms with Gasteiger partial charge in [0, 0.05) is 30.3 Å². The van der Waals surface area contributed by atoms with E-state index in [0.717, 1.165) is 16.7 Å². The lowest BCUT2D eigenvalue weighted by molar-refractivity contribution is 0.0690. The van der Waals surface area contributed by atoms with Gasteiger partial charge in [-0.15, -0.1) is 0 Å². The number of aromatic nitrogens is 2. The summed E-state index contributed by atoms with van der Waals surface area (Å²) in [5.74, 6) is -1.03. The van der Waals surface area contributed by atoms with Crippen LogP contribution in [-0.2, 0) is 12.8 Å². The average Bonchev–Trinajstić information content (AvgIpc) is 2.59. The number of rotatable bonds is 5. The van der Waals surface area contributed by atoms with Gasteiger partial charge < -0.3 is 10.1 Å². The van der Waals surface area contributed by atoms with E-state index in [0.29, 0.717) is 18.5 Å². The van der Waals surface area contributed by atoms with Crippen molar-refractivity contribution in [2.45, 2.75) is 12.8 Å². The highest BCUT2D eigenvalue weighted by Gasteiger charge is 2.06. The normalized spacial score (nSPS) is 10.5. The van der Waals surface area contributed by atoms with Crippen molar-refractivity contribution in [1.29, 1.82) is 0 Å². The van der Waals surface area contributed by atoms with Crippen LogP contribution < -0.4 is 5.56 Å². The van der Waals surface area contributed by atoms with Crippen LogP contribution in [0.1, 0.15) is 32.9 Å². The van der Waals surface area contributed by atoms with E-state index in [1.54, 1.807) is 12.3 Å². The van der Waals surface area contributed by atoms with Crippen LogP contribution in [0.4, 0.5) is 0 Å². The van der Waals surface area contributed by atoms with Gasteiger partial charge >= 0.3 is 5.97 Å². The van der Waals surface area contributed by atoms with E-state index < -0.39 is 5.97 Å². The zero-order chi connectivity index (χ0) is 16.9. The van der Waals surface area contributed by atoms with Crippen LogP contribution in [0.15, 0.2) is 65.6 Å². The summed E-state index contributed by atoms with van der Waals surface area (Å²) in [5, 5.41) is 8.98. The van der Waals surface area contributed by atoms with Gasteiger partial charge in [0.1, 0.15) is 5.69 Å². The van der Waals surface area contributed by atoms with Crippen LogP contribution in [0, 0.1) is 0 Å². The van der Waals surface area contributed by atoms with Crippen molar-refractivity contribution < 1.29 is 9.90 Å². The highest BCUT2D eigenvalue weighted by Crippen LogP contribution is 2.12. The number of nitrogens with one attached hydrogen (secondary N) is 1. The monoisotopic (exact) mass is 320 g/mol. The molecule has 0 aliphatic carbocycles. The minimum Gasteiger partial charge on any atom is -0.477 e. The van der Waals surface area contributed by atoms with E-state index in [1.807, 2.05) is 42.5 Å². The number of carboxylic acid groups (broad SMARTS) is 1. The highest BCUT2D eigenvalue weighted by atomic mass is 16.4. The summed E-state index contributed by atoms with van der Waals surface area (Å²) in [6.07, 6.45) is 2.75. The molecule has 3 rings (SSSR count). The maximum atomic E-state index is 11.7. The van der Waals surface area contributed by atoms with Crippen molar-refractivity contribution in [3.05, 3.63) is 99.2 Å². The quantitative estimate of drug-likeness (QED) is 0.757. The fourth-order valence-electron chi connectivity index (χ4n) is 2.50. The number of H-pyrrole nitrogens is 1. The molecule has 5 nitrogen and oxygen atoms in total. The van der Waals surface area contributed by atoms with Crippen LogP contribution >= 0.6 is 0 Å². The van der Waals surface area contributed by atoms with Crippen molar-refractivity contribution in [3.63, 3.8) is 0 Å². The summed E-state index contributed by atoms with van der Waals surface area (Å²) in [6, 6.07) is 16.5. The number of hydrogen-bond acceptors (Lipinski definition) is 3. The zero-order valence-electron chi connectivity index (χ0n) is 12.9. The lowest BCUT2D eigenvalue weighted by Crippen LogP contribution is -2.11. The van der Waals surface area contributed by atoms with Gasteiger partial charge in [0.05, 0.1) is 0 Å². The highest BCUT2D eigenvalue weighted by molar-refractivity contribution is 5.85. The number of aromatic carboxylic acids is 1. The molecular weight excluding hydrogens is 304 g/mol. The second kappa shape index (κ2) is 6.91. The van der Waals surface area contributed by atoms with Gasteiger partial charge in [-0.05, 0) is 29.3 Å². The van der Waals surface area contributed by atoms with Gasteiger partial charge in [0.15, 0.2) is 0 Å². The molecule has 0 atom stereocenters. The fourth-order valence-corrected chi connectivity index (χ4v) is 2.50. The Morgan fingerprint density at radius 2 is 1.67 bits per heavy atom. The molecule has 2 heterocycles. The first kappa shape index (κ1) is 15.7. The molecule has 3 aromatic rings. The second-order valence-corrected chi connectivity index (χ2v) is 5.51. The Labute approximate surface area is 138 Å². The fraction of sp³-hybridized carbons (Fsp3) is 0.105. The predicted octanol–water partition coefficient (Wildman–Crippen LogP) is 2.65. The number of pyridine rings is 2. The first-order valence-electron chi connectivity index (χ1n) is 7.55. The summed E-state index contributed by atoms with van der Waals surface area (Å²) in [6.45, 7) is 0. The first-order chi connectivity index (χ1) is 11.6. The van der Waals surface area contributed by atoms with Crippen LogP contribution in [0.25, 0.3) is 0 Å². The van der Waals surface area contributed by atoms with Gasteiger partial charge in [-0.25, -0.2) is 9.78 Å². The summed E-state index contributed by atoms with van der Waals surface area (Å²) < 4.78 is 0. The molecule has 0 saturated heterocycles. The molecule has 0 amide bonds. The molecule has 0 fully saturated rings. The van der Waals surface area contributed by atoms with Gasteiger partial charge in [-0.2, -0.15) is 0 Å². The third kappa shape index (κ3) is 3.76. The maximum absolute atomic E-state index is 11.7. The molecule has 0 aliphatic heterocycles. The van der Waals surface area contributed by atoms with E-state index in [9.17, 15) is 9.59 Å². The number of hydrogen-bond donors (Lipinski definition) is 2. The van der Waals surface area contributed by atoms with E-state index in [-0.39, 0.29) is 11.3 Å². The van der Waals surface area contributed by atoms with Crippen LogP contribution in [-0.4, -0.2) is 21.0 Å². The molecule has 120 valence electrons. The lowest BCUT2D eigenvalue weighted by Gasteiger charge is -2.05. The van der Waals surface area contributed by atoms with E-state index in [4.69, 9.17) is 5.11 Å². The van der Waals surface area contributed by atoms with Gasteiger partial charge in [-0.3, -0.25) is 4.79 Å². The minimum atomic E-state index is -1.03. The standard InChI is InChI=1S/C19H16N2O3/c22-18-15(3-2-10-20-18)11-13-6-8-14(9-7-13)12-16-4-1-5-17(21-16)19(23)24/h1-10H,11-12H2,(H,20,22)(H,23,24). The van der Waals surface area contributed by atoms with Crippen LogP contribution in [0.5, 0.6) is 0 Å². The third-order valence-electron chi connectivity index (χ3n) is 3.73. The summed E-state index contributed by atoms with van der Waals surface area (Å²) in [5.41, 5.74) is 3.49. The molecule has 0 unspecified atom stereocenters. The first-order valence-corrected chi connectivity index (χ1v) is 7.55. The number of nitrogens with zero attached hydrogens (tertiary/aromatic N) is 1. The molecule has 1 aromatic carbocycles. The molecule has 0 spiro atoms. The number of carboxylic acids is 1. The van der Waals surface area contributed by atoms with Crippen molar-refractivity contribution >= 4 is 5.97 Å². The Kier molecular flexibility index (Phi) is 4.52. The molecule has 24 heavy (non-hydrogen) atoms. The second-order valence-electron chi connectivity index (χ2n) is 5.51. The minimum absolute atomic E-state index is 0.0485. The molecule has 0 saturated carbocycles. The Morgan fingerprint density at radius 3 is 2.33 bits per heavy atom. The lowest BCUT2D eigenvalue weighted by atomic mass is 10.0. The summed E-state index contributed by atoms with van der Waals surface area (Å²) in [4.78, 5) is 29.5. The molecule has 2 N–H and O–H groups in total. The zero-order valence-corrected chi connectivity index (χ0v) is 12.9. The average molecular weight is 320 g/mol. The van der Waals surface area contributed by atoms with Gasteiger partial charge in [0.2, 0.25) is 0 Å². The van der Waals surface area contributed by atoms with Crippen LogP contribution in [0.3, 0.4) is 0 Å². The predicted molar refractivity (Wildman–Crippen MR) is 90.3 cm³/mol. The summed E-state index contributed by atoms with van der Waals surface area (Å²) >= 11 is 0. The van der Waals surface area contributed by atoms with E-state index in [2.05, 4.69) is 9.97 Å². The SMILES string of the molecule is O=C(O)c1cccc(Cc2ccc(Cc3ccc[nH]c3=O)cc2)n1. The summed E-state index contributed by atoms with van der Waals surface area (Å²) in [7, 11) is 0. The van der Waals surface area contributed by atoms with Crippen molar-refractivity contribution in [3.8, 4) is 0 Å². The molecule has 0 bridgehead atoms. The van der Waals surface area contributed by atoms with Gasteiger partial charge in [0.25, 0.3) is 5.56 Å². The number of carbonyl (C=O) groups is 1. The van der Waals surface area contributed by atoms with Crippen molar-refractivity contribution in [1.82, 2.24) is 9.97 Å². The Morgan fingerprint density at radius 1 is 0.958 bits per heavy atom. The largest absolute Gasteiger partial charge is 0.477 e. The van der Waals surface area contributed by atoms with Crippen molar-refractivity contribution in [2.24, 2.45) is 0 Å². The third-order valence-corrected chi connectivity index (χ3v) is 3.73. The molecule has 0 radical (unpaired) electrons. The molecule has 2 aromatic heterocycles.